The molecule has 2 aromatic rings. The molecule has 0 spiro atoms. The predicted molar refractivity (Wildman–Crippen MR) is 73.6 cm³/mol. The second kappa shape index (κ2) is 5.37. The molecule has 0 aliphatic heterocycles. The number of carbonyl (C=O) groups excluding carboxylic acids is 1. The number of nitrogens with zero attached hydrogens (tertiary/aromatic N) is 2. The van der Waals surface area contributed by atoms with E-state index in [4.69, 9.17) is 5.26 Å². The molecule has 0 saturated heterocycles. The monoisotopic (exact) mass is 276 g/mol. The van der Waals surface area contributed by atoms with Crippen molar-refractivity contribution in [2.24, 2.45) is 0 Å². The van der Waals surface area contributed by atoms with Crippen molar-refractivity contribution in [1.82, 2.24) is 4.90 Å². The minimum absolute atomic E-state index is 0.0471. The number of hydrogen-bond acceptors (Lipinski definition) is 3. The van der Waals surface area contributed by atoms with Crippen molar-refractivity contribution in [3.8, 4) is 6.07 Å². The van der Waals surface area contributed by atoms with Gasteiger partial charge in [0, 0.05) is 10.7 Å². The highest BCUT2D eigenvalue weighted by Gasteiger charge is 2.20. The zero-order chi connectivity index (χ0) is 14.0. The van der Waals surface area contributed by atoms with Gasteiger partial charge >= 0.3 is 0 Å². The molecule has 1 amide bonds. The molecule has 0 radical (unpaired) electrons. The van der Waals surface area contributed by atoms with Crippen molar-refractivity contribution in [2.75, 3.05) is 6.54 Å². The smallest absolute Gasteiger partial charge is 0.265 e. The van der Waals surface area contributed by atoms with E-state index >= 15 is 0 Å². The molecule has 1 heterocycles. The van der Waals surface area contributed by atoms with Crippen LogP contribution in [0.5, 0.6) is 0 Å². The van der Waals surface area contributed by atoms with Gasteiger partial charge in [0.1, 0.15) is 12.4 Å². The number of hydrogen-bond donors (Lipinski definition) is 0. The summed E-state index contributed by atoms with van der Waals surface area (Å²) in [5.74, 6) is -0.496. The standard InChI is InChI=1S/C14H13FN2OS/c1-9(2)17(6-5-16)14(18)13-7-10-3-4-11(15)8-12(10)19-13/h3-4,7-9H,6H2,1-2H3. The Morgan fingerprint density at radius 3 is 2.84 bits per heavy atom. The lowest BCUT2D eigenvalue weighted by molar-refractivity contribution is 0.0736. The Labute approximate surface area is 114 Å². The third-order valence-electron chi connectivity index (χ3n) is 2.82. The molecule has 2 rings (SSSR count). The lowest BCUT2D eigenvalue weighted by Crippen LogP contribution is -2.36. The van der Waals surface area contributed by atoms with Gasteiger partial charge in [-0.05, 0) is 37.4 Å². The van der Waals surface area contributed by atoms with Crippen LogP contribution in [0.15, 0.2) is 24.3 Å². The Bertz CT molecular complexity index is 657. The number of rotatable bonds is 3. The quantitative estimate of drug-likeness (QED) is 0.806. The molecule has 98 valence electrons. The van der Waals surface area contributed by atoms with Gasteiger partial charge in [-0.3, -0.25) is 4.79 Å². The second-order valence-corrected chi connectivity index (χ2v) is 5.56. The van der Waals surface area contributed by atoms with Crippen LogP contribution in [0.25, 0.3) is 10.1 Å². The first-order valence-corrected chi connectivity index (χ1v) is 6.71. The normalized spacial score (nSPS) is 10.7. The molecule has 19 heavy (non-hydrogen) atoms. The fraction of sp³-hybridized carbons (Fsp3) is 0.286. The fourth-order valence-corrected chi connectivity index (χ4v) is 2.86. The number of amides is 1. The number of nitriles is 1. The van der Waals surface area contributed by atoms with E-state index in [-0.39, 0.29) is 24.3 Å². The van der Waals surface area contributed by atoms with Crippen LogP contribution >= 0.6 is 11.3 Å². The SMILES string of the molecule is CC(C)N(CC#N)C(=O)c1cc2ccc(F)cc2s1. The van der Waals surface area contributed by atoms with Gasteiger partial charge in [-0.25, -0.2) is 4.39 Å². The molecule has 0 unspecified atom stereocenters. The van der Waals surface area contributed by atoms with Crippen LogP contribution < -0.4 is 0 Å². The van der Waals surface area contributed by atoms with Crippen LogP contribution in [-0.2, 0) is 0 Å². The zero-order valence-electron chi connectivity index (χ0n) is 10.7. The van der Waals surface area contributed by atoms with Crippen LogP contribution in [-0.4, -0.2) is 23.4 Å². The summed E-state index contributed by atoms with van der Waals surface area (Å²) in [7, 11) is 0. The molecule has 0 saturated carbocycles. The Kier molecular flexibility index (Phi) is 3.82. The summed E-state index contributed by atoms with van der Waals surface area (Å²) in [6, 6.07) is 8.14. The van der Waals surface area contributed by atoms with Gasteiger partial charge < -0.3 is 4.90 Å². The maximum absolute atomic E-state index is 13.1. The van der Waals surface area contributed by atoms with Crippen molar-refractivity contribution in [3.05, 3.63) is 35.0 Å². The number of carbonyl (C=O) groups is 1. The average Bonchev–Trinajstić information content (AvgIpc) is 2.77. The molecular formula is C14H13FN2OS. The van der Waals surface area contributed by atoms with E-state index < -0.39 is 0 Å². The largest absolute Gasteiger partial charge is 0.322 e. The summed E-state index contributed by atoms with van der Waals surface area (Å²) >= 11 is 1.25. The molecule has 1 aromatic carbocycles. The minimum Gasteiger partial charge on any atom is -0.322 e. The molecule has 0 atom stereocenters. The molecule has 0 aliphatic rings. The third-order valence-corrected chi connectivity index (χ3v) is 3.90. The Morgan fingerprint density at radius 2 is 2.21 bits per heavy atom. The summed E-state index contributed by atoms with van der Waals surface area (Å²) in [4.78, 5) is 14.4. The minimum atomic E-state index is -0.314. The van der Waals surface area contributed by atoms with Gasteiger partial charge in [-0.15, -0.1) is 11.3 Å². The van der Waals surface area contributed by atoms with E-state index in [9.17, 15) is 9.18 Å². The molecular weight excluding hydrogens is 263 g/mol. The maximum atomic E-state index is 13.1. The van der Waals surface area contributed by atoms with Gasteiger partial charge in [-0.1, -0.05) is 6.07 Å². The molecule has 3 nitrogen and oxygen atoms in total. The second-order valence-electron chi connectivity index (χ2n) is 4.48. The highest BCUT2D eigenvalue weighted by molar-refractivity contribution is 7.20. The first-order valence-electron chi connectivity index (χ1n) is 5.90. The van der Waals surface area contributed by atoms with E-state index in [0.717, 1.165) is 10.1 Å². The maximum Gasteiger partial charge on any atom is 0.265 e. The summed E-state index contributed by atoms with van der Waals surface area (Å²) in [5, 5.41) is 9.61. The van der Waals surface area contributed by atoms with Crippen molar-refractivity contribution < 1.29 is 9.18 Å². The summed E-state index contributed by atoms with van der Waals surface area (Å²) in [6.07, 6.45) is 0. The number of fused-ring (bicyclic) bond motifs is 1. The average molecular weight is 276 g/mol. The molecule has 0 bridgehead atoms. The van der Waals surface area contributed by atoms with Crippen LogP contribution in [0.1, 0.15) is 23.5 Å². The zero-order valence-corrected chi connectivity index (χ0v) is 11.5. The summed E-state index contributed by atoms with van der Waals surface area (Å²) in [5.41, 5.74) is 0. The fourth-order valence-electron chi connectivity index (χ4n) is 1.82. The third kappa shape index (κ3) is 2.74. The Hall–Kier alpha value is -1.93. The highest BCUT2D eigenvalue weighted by Crippen LogP contribution is 2.27. The van der Waals surface area contributed by atoms with E-state index in [1.807, 2.05) is 19.9 Å². The predicted octanol–water partition coefficient (Wildman–Crippen LogP) is 3.41. The molecule has 0 aliphatic carbocycles. The van der Waals surface area contributed by atoms with Crippen molar-refractivity contribution in [1.29, 1.82) is 5.26 Å². The van der Waals surface area contributed by atoms with E-state index in [2.05, 4.69) is 0 Å². The van der Waals surface area contributed by atoms with Crippen LogP contribution in [0.2, 0.25) is 0 Å². The summed E-state index contributed by atoms with van der Waals surface area (Å²) in [6.45, 7) is 3.78. The topological polar surface area (TPSA) is 44.1 Å². The number of halogens is 1. The van der Waals surface area contributed by atoms with E-state index in [1.54, 1.807) is 12.1 Å². The highest BCUT2D eigenvalue weighted by atomic mass is 32.1. The van der Waals surface area contributed by atoms with E-state index in [0.29, 0.717) is 4.88 Å². The van der Waals surface area contributed by atoms with Gasteiger partial charge in [0.15, 0.2) is 0 Å². The van der Waals surface area contributed by atoms with Crippen molar-refractivity contribution in [2.45, 2.75) is 19.9 Å². The van der Waals surface area contributed by atoms with Crippen LogP contribution in [0.4, 0.5) is 4.39 Å². The van der Waals surface area contributed by atoms with Crippen LogP contribution in [0, 0.1) is 17.1 Å². The lowest BCUT2D eigenvalue weighted by atomic mass is 10.2. The first-order chi connectivity index (χ1) is 9.02. The first kappa shape index (κ1) is 13.5. The van der Waals surface area contributed by atoms with Gasteiger partial charge in [-0.2, -0.15) is 5.26 Å². The molecule has 0 N–H and O–H groups in total. The van der Waals surface area contributed by atoms with Gasteiger partial charge in [0.25, 0.3) is 5.91 Å². The van der Waals surface area contributed by atoms with Crippen molar-refractivity contribution >= 4 is 27.3 Å². The Morgan fingerprint density at radius 1 is 1.47 bits per heavy atom. The molecule has 0 fully saturated rings. The van der Waals surface area contributed by atoms with E-state index in [1.165, 1.54) is 28.4 Å². The molecule has 5 heteroatoms. The van der Waals surface area contributed by atoms with Crippen LogP contribution in [0.3, 0.4) is 0 Å². The van der Waals surface area contributed by atoms with Crippen molar-refractivity contribution in [3.63, 3.8) is 0 Å². The van der Waals surface area contributed by atoms with Gasteiger partial charge in [0.05, 0.1) is 10.9 Å². The Balaban J connectivity index is 2.38. The molecule has 1 aromatic heterocycles. The van der Waals surface area contributed by atoms with Gasteiger partial charge in [0.2, 0.25) is 0 Å². The number of thiophene rings is 1. The number of benzene rings is 1. The lowest BCUT2D eigenvalue weighted by Gasteiger charge is -2.22. The summed E-state index contributed by atoms with van der Waals surface area (Å²) < 4.78 is 13.9.